The monoisotopic (exact) mass is 249 g/mol. The molecule has 0 saturated carbocycles. The minimum Gasteiger partial charge on any atom is -0.357 e. The minimum atomic E-state index is 0.716. The van der Waals surface area contributed by atoms with Crippen LogP contribution in [-0.4, -0.2) is 24.6 Å². The predicted molar refractivity (Wildman–Crippen MR) is 79.0 cm³/mol. The lowest BCUT2D eigenvalue weighted by molar-refractivity contribution is 0.545. The van der Waals surface area contributed by atoms with Gasteiger partial charge in [0.15, 0.2) is 0 Å². The summed E-state index contributed by atoms with van der Waals surface area (Å²) in [5.74, 6) is 1.81. The molecule has 0 radical (unpaired) electrons. The maximum absolute atomic E-state index is 4.58. The van der Waals surface area contributed by atoms with E-state index in [2.05, 4.69) is 55.0 Å². The van der Waals surface area contributed by atoms with Crippen molar-refractivity contribution in [2.45, 2.75) is 40.7 Å². The van der Waals surface area contributed by atoms with Crippen LogP contribution in [0.3, 0.4) is 0 Å². The van der Waals surface area contributed by atoms with Gasteiger partial charge < -0.3 is 10.2 Å². The minimum absolute atomic E-state index is 0.716. The predicted octanol–water partition coefficient (Wildman–Crippen LogP) is 3.06. The first-order valence-corrected chi connectivity index (χ1v) is 7.11. The molecule has 0 aliphatic heterocycles. The molecule has 0 amide bonds. The highest BCUT2D eigenvalue weighted by molar-refractivity contribution is 5.39. The van der Waals surface area contributed by atoms with Crippen LogP contribution in [-0.2, 0) is 6.54 Å². The molecular weight excluding hydrogens is 222 g/mol. The second kappa shape index (κ2) is 8.09. The molecule has 102 valence electrons. The molecule has 0 spiro atoms. The van der Waals surface area contributed by atoms with E-state index in [4.69, 9.17) is 0 Å². The Kier molecular flexibility index (Phi) is 6.73. The van der Waals surface area contributed by atoms with Crippen LogP contribution in [0, 0.1) is 5.92 Å². The molecule has 1 atom stereocenters. The Morgan fingerprint density at radius 2 is 2.06 bits per heavy atom. The molecule has 0 fully saturated rings. The zero-order valence-electron chi connectivity index (χ0n) is 12.2. The summed E-state index contributed by atoms with van der Waals surface area (Å²) in [5, 5.41) is 3.31. The summed E-state index contributed by atoms with van der Waals surface area (Å²) in [6.07, 6.45) is 3.20. The van der Waals surface area contributed by atoms with Crippen molar-refractivity contribution in [3.63, 3.8) is 0 Å². The van der Waals surface area contributed by atoms with Crippen molar-refractivity contribution in [1.29, 1.82) is 0 Å². The first-order valence-electron chi connectivity index (χ1n) is 7.11. The van der Waals surface area contributed by atoms with Crippen molar-refractivity contribution in [3.8, 4) is 0 Å². The van der Waals surface area contributed by atoms with Crippen molar-refractivity contribution < 1.29 is 0 Å². The second-order valence-electron chi connectivity index (χ2n) is 4.86. The molecule has 3 heteroatoms. The van der Waals surface area contributed by atoms with Crippen molar-refractivity contribution in [1.82, 2.24) is 10.3 Å². The van der Waals surface area contributed by atoms with Gasteiger partial charge in [0.05, 0.1) is 0 Å². The van der Waals surface area contributed by atoms with Crippen molar-refractivity contribution in [2.75, 3.05) is 24.5 Å². The lowest BCUT2D eigenvalue weighted by Crippen LogP contribution is -2.28. The molecule has 1 aromatic rings. The second-order valence-corrected chi connectivity index (χ2v) is 4.86. The van der Waals surface area contributed by atoms with Gasteiger partial charge in [0.1, 0.15) is 5.82 Å². The number of hydrogen-bond donors (Lipinski definition) is 1. The van der Waals surface area contributed by atoms with E-state index in [0.29, 0.717) is 5.92 Å². The Balaban J connectivity index is 2.63. The summed E-state index contributed by atoms with van der Waals surface area (Å²) in [4.78, 5) is 6.93. The molecule has 1 N–H and O–H groups in total. The molecular formula is C15H27N3. The van der Waals surface area contributed by atoms with E-state index in [1.165, 1.54) is 12.0 Å². The summed E-state index contributed by atoms with van der Waals surface area (Å²) in [7, 11) is 0. The average molecular weight is 249 g/mol. The van der Waals surface area contributed by atoms with Crippen LogP contribution in [0.15, 0.2) is 18.3 Å². The van der Waals surface area contributed by atoms with Crippen LogP contribution in [0.4, 0.5) is 5.82 Å². The van der Waals surface area contributed by atoms with Crippen molar-refractivity contribution in [2.24, 2.45) is 5.92 Å². The fourth-order valence-corrected chi connectivity index (χ4v) is 1.87. The van der Waals surface area contributed by atoms with Gasteiger partial charge >= 0.3 is 0 Å². The largest absolute Gasteiger partial charge is 0.357 e. The molecule has 18 heavy (non-hydrogen) atoms. The Bertz CT molecular complexity index is 321. The maximum Gasteiger partial charge on any atom is 0.128 e. The van der Waals surface area contributed by atoms with E-state index in [1.807, 2.05) is 6.20 Å². The third kappa shape index (κ3) is 4.65. The highest BCUT2D eigenvalue weighted by atomic mass is 15.2. The summed E-state index contributed by atoms with van der Waals surface area (Å²) in [6, 6.07) is 4.31. The molecule has 0 saturated heterocycles. The molecule has 0 aliphatic carbocycles. The third-order valence-electron chi connectivity index (χ3n) is 3.32. The van der Waals surface area contributed by atoms with Crippen LogP contribution in [0.2, 0.25) is 0 Å². The summed E-state index contributed by atoms with van der Waals surface area (Å²) in [5.41, 5.74) is 1.25. The topological polar surface area (TPSA) is 28.2 Å². The molecule has 1 aromatic heterocycles. The molecule has 0 bridgehead atoms. The molecule has 1 unspecified atom stereocenters. The Labute approximate surface area is 112 Å². The van der Waals surface area contributed by atoms with Gasteiger partial charge in [-0.2, -0.15) is 0 Å². The van der Waals surface area contributed by atoms with E-state index in [0.717, 1.165) is 32.0 Å². The number of rotatable bonds is 8. The Hall–Kier alpha value is -1.09. The summed E-state index contributed by atoms with van der Waals surface area (Å²) >= 11 is 0. The first kappa shape index (κ1) is 15.0. The smallest absolute Gasteiger partial charge is 0.128 e. The zero-order valence-corrected chi connectivity index (χ0v) is 12.2. The van der Waals surface area contributed by atoms with Gasteiger partial charge in [0.2, 0.25) is 0 Å². The number of nitrogens with zero attached hydrogens (tertiary/aromatic N) is 2. The van der Waals surface area contributed by atoms with Crippen LogP contribution >= 0.6 is 0 Å². The third-order valence-corrected chi connectivity index (χ3v) is 3.32. The number of pyridine rings is 1. The summed E-state index contributed by atoms with van der Waals surface area (Å²) < 4.78 is 0. The standard InChI is InChI=1S/C15H27N3/c1-5-13(4)12-18(7-3)15-9-8-14(11-17-15)10-16-6-2/h8-9,11,13,16H,5-7,10,12H2,1-4H3. The van der Waals surface area contributed by atoms with E-state index in [9.17, 15) is 0 Å². The van der Waals surface area contributed by atoms with Crippen molar-refractivity contribution in [3.05, 3.63) is 23.9 Å². The van der Waals surface area contributed by atoms with Gasteiger partial charge in [-0.15, -0.1) is 0 Å². The Morgan fingerprint density at radius 1 is 1.28 bits per heavy atom. The fourth-order valence-electron chi connectivity index (χ4n) is 1.87. The van der Waals surface area contributed by atoms with Crippen LogP contribution in [0.5, 0.6) is 0 Å². The first-order chi connectivity index (χ1) is 8.71. The molecule has 0 aliphatic rings. The highest BCUT2D eigenvalue weighted by Crippen LogP contribution is 2.14. The molecule has 1 heterocycles. The van der Waals surface area contributed by atoms with E-state index >= 15 is 0 Å². The lowest BCUT2D eigenvalue weighted by atomic mass is 10.1. The van der Waals surface area contributed by atoms with E-state index < -0.39 is 0 Å². The number of aromatic nitrogens is 1. The highest BCUT2D eigenvalue weighted by Gasteiger charge is 2.09. The van der Waals surface area contributed by atoms with Gasteiger partial charge in [-0.1, -0.05) is 33.3 Å². The SMILES string of the molecule is CCNCc1ccc(N(CC)CC(C)CC)nc1. The van der Waals surface area contributed by atoms with Gasteiger partial charge in [-0.05, 0) is 31.0 Å². The van der Waals surface area contributed by atoms with Gasteiger partial charge in [-0.25, -0.2) is 4.98 Å². The van der Waals surface area contributed by atoms with E-state index in [-0.39, 0.29) is 0 Å². The van der Waals surface area contributed by atoms with E-state index in [1.54, 1.807) is 0 Å². The molecule has 1 rings (SSSR count). The van der Waals surface area contributed by atoms with Crippen LogP contribution < -0.4 is 10.2 Å². The fraction of sp³-hybridized carbons (Fsp3) is 0.667. The Morgan fingerprint density at radius 3 is 2.56 bits per heavy atom. The van der Waals surface area contributed by atoms with Gasteiger partial charge in [-0.3, -0.25) is 0 Å². The van der Waals surface area contributed by atoms with Crippen molar-refractivity contribution >= 4 is 5.82 Å². The number of nitrogens with one attached hydrogen (secondary N) is 1. The van der Waals surface area contributed by atoms with Gasteiger partial charge in [0, 0.05) is 25.8 Å². The zero-order chi connectivity index (χ0) is 13.4. The maximum atomic E-state index is 4.58. The van der Waals surface area contributed by atoms with Crippen LogP contribution in [0.1, 0.15) is 39.7 Å². The summed E-state index contributed by atoms with van der Waals surface area (Å²) in [6.45, 7) is 12.9. The lowest BCUT2D eigenvalue weighted by Gasteiger charge is -2.25. The average Bonchev–Trinajstić information content (AvgIpc) is 2.42. The molecule has 3 nitrogen and oxygen atoms in total. The number of hydrogen-bond acceptors (Lipinski definition) is 3. The van der Waals surface area contributed by atoms with Gasteiger partial charge in [0.25, 0.3) is 0 Å². The quantitative estimate of drug-likeness (QED) is 0.767. The normalized spacial score (nSPS) is 12.4. The molecule has 0 aromatic carbocycles. The van der Waals surface area contributed by atoms with Crippen LogP contribution in [0.25, 0.3) is 0 Å². The number of anilines is 1.